The molecule has 0 bridgehead atoms. The summed E-state index contributed by atoms with van der Waals surface area (Å²) in [5.74, 6) is 1.20. The van der Waals surface area contributed by atoms with Crippen LogP contribution in [0.15, 0.2) is 29.3 Å². The molecule has 0 saturated heterocycles. The van der Waals surface area contributed by atoms with Gasteiger partial charge in [0.25, 0.3) is 0 Å². The van der Waals surface area contributed by atoms with Crippen LogP contribution in [0.1, 0.15) is 59.2 Å². The Balaban J connectivity index is 0.00000450. The van der Waals surface area contributed by atoms with E-state index in [0.29, 0.717) is 36.3 Å². The standard InChI is InChI=1S/C21H30N4O3S.HI/c1-6-11-28-17-10-8-9-16(12-17)13-23-21(22-5)25-15(4)19-24-14(3)18(29-19)20(26)27-7-2;/h8-10,12,15H,6-7,11,13H2,1-5H3,(H2,22,23,25);1H. The Kier molecular flexibility index (Phi) is 11.7. The molecule has 7 nitrogen and oxygen atoms in total. The van der Waals surface area contributed by atoms with Gasteiger partial charge in [0.15, 0.2) is 5.96 Å². The van der Waals surface area contributed by atoms with E-state index >= 15 is 0 Å². The Bertz CT molecular complexity index is 841. The highest BCUT2D eigenvalue weighted by Gasteiger charge is 2.20. The van der Waals surface area contributed by atoms with Crippen LogP contribution in [0.25, 0.3) is 0 Å². The molecule has 2 rings (SSSR count). The Morgan fingerprint density at radius 3 is 2.77 bits per heavy atom. The van der Waals surface area contributed by atoms with Crippen molar-refractivity contribution in [2.24, 2.45) is 4.99 Å². The number of hydrogen-bond donors (Lipinski definition) is 2. The predicted octanol–water partition coefficient (Wildman–Crippen LogP) is 4.46. The lowest BCUT2D eigenvalue weighted by atomic mass is 10.2. The highest BCUT2D eigenvalue weighted by Crippen LogP contribution is 2.24. The van der Waals surface area contributed by atoms with Gasteiger partial charge in [-0.2, -0.15) is 0 Å². The third-order valence-electron chi connectivity index (χ3n) is 4.05. The van der Waals surface area contributed by atoms with Gasteiger partial charge < -0.3 is 20.1 Å². The second kappa shape index (κ2) is 13.4. The van der Waals surface area contributed by atoms with E-state index in [2.05, 4.69) is 27.5 Å². The van der Waals surface area contributed by atoms with Crippen LogP contribution in [-0.2, 0) is 11.3 Å². The maximum atomic E-state index is 12.0. The summed E-state index contributed by atoms with van der Waals surface area (Å²) >= 11 is 1.34. The van der Waals surface area contributed by atoms with E-state index in [-0.39, 0.29) is 36.0 Å². The molecule has 0 aliphatic heterocycles. The number of aliphatic imine (C=N–C) groups is 1. The first kappa shape index (κ1) is 26.2. The summed E-state index contributed by atoms with van der Waals surface area (Å²) in [6.07, 6.45) is 0.977. The van der Waals surface area contributed by atoms with Crippen molar-refractivity contribution in [3.8, 4) is 5.75 Å². The fourth-order valence-electron chi connectivity index (χ4n) is 2.60. The van der Waals surface area contributed by atoms with Crippen LogP contribution < -0.4 is 15.4 Å². The second-order valence-corrected chi connectivity index (χ2v) is 7.51. The largest absolute Gasteiger partial charge is 0.494 e. The third-order valence-corrected chi connectivity index (χ3v) is 5.37. The van der Waals surface area contributed by atoms with Crippen molar-refractivity contribution in [3.63, 3.8) is 0 Å². The van der Waals surface area contributed by atoms with Gasteiger partial charge in [0.1, 0.15) is 15.6 Å². The van der Waals surface area contributed by atoms with E-state index in [4.69, 9.17) is 9.47 Å². The van der Waals surface area contributed by atoms with Crippen LogP contribution in [0.2, 0.25) is 0 Å². The van der Waals surface area contributed by atoms with Crippen molar-refractivity contribution in [1.29, 1.82) is 0 Å². The second-order valence-electron chi connectivity index (χ2n) is 6.47. The van der Waals surface area contributed by atoms with Gasteiger partial charge >= 0.3 is 5.97 Å². The van der Waals surface area contributed by atoms with Crippen molar-refractivity contribution < 1.29 is 14.3 Å². The van der Waals surface area contributed by atoms with Crippen LogP contribution >= 0.6 is 35.3 Å². The van der Waals surface area contributed by atoms with Crippen molar-refractivity contribution in [2.75, 3.05) is 20.3 Å². The van der Waals surface area contributed by atoms with Gasteiger partial charge in [-0.25, -0.2) is 9.78 Å². The third kappa shape index (κ3) is 7.75. The number of aryl methyl sites for hydroxylation is 1. The summed E-state index contributed by atoms with van der Waals surface area (Å²) < 4.78 is 10.8. The molecule has 0 aliphatic rings. The number of carbonyl (C=O) groups is 1. The first-order chi connectivity index (χ1) is 14.0. The molecule has 166 valence electrons. The van der Waals surface area contributed by atoms with Gasteiger partial charge in [-0.05, 0) is 44.9 Å². The van der Waals surface area contributed by atoms with Crippen LogP contribution in [0, 0.1) is 6.92 Å². The maximum absolute atomic E-state index is 12.0. The molecule has 1 atom stereocenters. The summed E-state index contributed by atoms with van der Waals surface area (Å²) in [4.78, 5) is 21.4. The van der Waals surface area contributed by atoms with Crippen LogP contribution in [-0.4, -0.2) is 37.2 Å². The van der Waals surface area contributed by atoms with Crippen molar-refractivity contribution in [2.45, 2.75) is 46.7 Å². The van der Waals surface area contributed by atoms with Gasteiger partial charge in [0.05, 0.1) is 24.9 Å². The first-order valence-corrected chi connectivity index (χ1v) is 10.6. The monoisotopic (exact) mass is 546 g/mol. The molecule has 1 aromatic heterocycles. The average molecular weight is 546 g/mol. The van der Waals surface area contributed by atoms with Crippen molar-refractivity contribution in [1.82, 2.24) is 15.6 Å². The van der Waals surface area contributed by atoms with Gasteiger partial charge in [0.2, 0.25) is 0 Å². The number of rotatable bonds is 9. The number of thiazole rings is 1. The lowest BCUT2D eigenvalue weighted by Gasteiger charge is -2.16. The molecular weight excluding hydrogens is 515 g/mol. The number of nitrogens with one attached hydrogen (secondary N) is 2. The number of carbonyl (C=O) groups excluding carboxylic acids is 1. The molecule has 0 amide bonds. The number of guanidine groups is 1. The highest BCUT2D eigenvalue weighted by molar-refractivity contribution is 14.0. The number of ether oxygens (including phenoxy) is 2. The summed E-state index contributed by atoms with van der Waals surface area (Å²) in [7, 11) is 1.72. The lowest BCUT2D eigenvalue weighted by molar-refractivity contribution is 0.0531. The Morgan fingerprint density at radius 2 is 2.10 bits per heavy atom. The zero-order valence-corrected chi connectivity index (χ0v) is 21.3. The van der Waals surface area contributed by atoms with Crippen LogP contribution in [0.4, 0.5) is 0 Å². The molecule has 30 heavy (non-hydrogen) atoms. The molecule has 1 aromatic carbocycles. The van der Waals surface area contributed by atoms with Crippen molar-refractivity contribution >= 4 is 47.2 Å². The summed E-state index contributed by atoms with van der Waals surface area (Å²) in [6.45, 7) is 9.35. The normalized spacial score (nSPS) is 12.0. The molecule has 0 fully saturated rings. The van der Waals surface area contributed by atoms with E-state index in [1.165, 1.54) is 11.3 Å². The minimum Gasteiger partial charge on any atom is -0.494 e. The topological polar surface area (TPSA) is 84.8 Å². The van der Waals surface area contributed by atoms with Gasteiger partial charge in [0, 0.05) is 13.6 Å². The highest BCUT2D eigenvalue weighted by atomic mass is 127. The van der Waals surface area contributed by atoms with Gasteiger partial charge in [-0.1, -0.05) is 19.1 Å². The molecule has 9 heteroatoms. The first-order valence-electron chi connectivity index (χ1n) is 9.81. The molecule has 0 aliphatic carbocycles. The molecule has 0 spiro atoms. The number of nitrogens with zero attached hydrogens (tertiary/aromatic N) is 2. The lowest BCUT2D eigenvalue weighted by Crippen LogP contribution is -2.38. The van der Waals surface area contributed by atoms with Gasteiger partial charge in [-0.15, -0.1) is 35.3 Å². The maximum Gasteiger partial charge on any atom is 0.350 e. The SMILES string of the molecule is CCCOc1cccc(CNC(=NC)NC(C)c2nc(C)c(C(=O)OCC)s2)c1.I. The zero-order chi connectivity index (χ0) is 21.2. The number of halogens is 1. The Labute approximate surface area is 199 Å². The number of hydrogen-bond acceptors (Lipinski definition) is 6. The molecule has 2 aromatic rings. The summed E-state index contributed by atoms with van der Waals surface area (Å²) in [5.41, 5.74) is 1.79. The predicted molar refractivity (Wildman–Crippen MR) is 132 cm³/mol. The van der Waals surface area contributed by atoms with E-state index in [1.807, 2.05) is 38.1 Å². The number of esters is 1. The zero-order valence-electron chi connectivity index (χ0n) is 18.2. The van der Waals surface area contributed by atoms with Crippen molar-refractivity contribution in [3.05, 3.63) is 45.4 Å². The van der Waals surface area contributed by atoms with Crippen LogP contribution in [0.5, 0.6) is 5.75 Å². The molecule has 1 heterocycles. The summed E-state index contributed by atoms with van der Waals surface area (Å²) in [6, 6.07) is 7.90. The van der Waals surface area contributed by atoms with E-state index in [0.717, 1.165) is 22.7 Å². The fourth-order valence-corrected chi connectivity index (χ4v) is 3.56. The minimum absolute atomic E-state index is 0. The van der Waals surface area contributed by atoms with E-state index < -0.39 is 0 Å². The molecular formula is C21H31IN4O3S. The van der Waals surface area contributed by atoms with Crippen LogP contribution in [0.3, 0.4) is 0 Å². The molecule has 1 unspecified atom stereocenters. The number of aromatic nitrogens is 1. The molecule has 0 radical (unpaired) electrons. The average Bonchev–Trinajstić information content (AvgIpc) is 3.12. The molecule has 0 saturated carbocycles. The summed E-state index contributed by atoms with van der Waals surface area (Å²) in [5, 5.41) is 7.43. The smallest absolute Gasteiger partial charge is 0.350 e. The van der Waals surface area contributed by atoms with Gasteiger partial charge in [-0.3, -0.25) is 4.99 Å². The quantitative estimate of drug-likeness (QED) is 0.209. The molecule has 2 N–H and O–H groups in total. The Hall–Kier alpha value is -1.88. The minimum atomic E-state index is -0.325. The van der Waals surface area contributed by atoms with E-state index in [9.17, 15) is 4.79 Å². The fraction of sp³-hybridized carbons (Fsp3) is 0.476. The van der Waals surface area contributed by atoms with E-state index in [1.54, 1.807) is 14.0 Å². The Morgan fingerprint density at radius 1 is 1.33 bits per heavy atom. The number of benzene rings is 1.